The average molecular weight is 601 g/mol. The number of amides is 3. The van der Waals surface area contributed by atoms with E-state index in [1.807, 2.05) is 19.1 Å². The number of nitrogens with zero attached hydrogens (tertiary/aromatic N) is 5. The van der Waals surface area contributed by atoms with Gasteiger partial charge in [-0.15, -0.1) is 5.10 Å². The minimum atomic E-state index is -0.617. The number of rotatable bonds is 5. The predicted octanol–water partition coefficient (Wildman–Crippen LogP) is 5.19. The molecule has 1 aliphatic rings. The molecule has 2 atom stereocenters. The molecule has 0 spiro atoms. The summed E-state index contributed by atoms with van der Waals surface area (Å²) in [6.07, 6.45) is 7.44. The molecule has 2 aromatic carbocycles. The van der Waals surface area contributed by atoms with Gasteiger partial charge >= 0.3 is 6.09 Å². The Balaban J connectivity index is 1.44. The van der Waals surface area contributed by atoms with Gasteiger partial charge in [-0.1, -0.05) is 31.0 Å². The van der Waals surface area contributed by atoms with Crippen molar-refractivity contribution in [1.29, 1.82) is 0 Å². The summed E-state index contributed by atoms with van der Waals surface area (Å²) in [7, 11) is 1.28. The summed E-state index contributed by atoms with van der Waals surface area (Å²) in [6.45, 7) is 1.86. The van der Waals surface area contributed by atoms with Crippen molar-refractivity contribution >= 4 is 47.0 Å². The lowest BCUT2D eigenvalue weighted by atomic mass is 9.95. The van der Waals surface area contributed by atoms with E-state index in [1.54, 1.807) is 48.7 Å². The summed E-state index contributed by atoms with van der Waals surface area (Å²) >= 11 is 6.21. The van der Waals surface area contributed by atoms with Gasteiger partial charge in [0.15, 0.2) is 0 Å². The van der Waals surface area contributed by atoms with E-state index in [9.17, 15) is 14.4 Å². The molecule has 5 rings (SSSR count). The lowest BCUT2D eigenvalue weighted by Gasteiger charge is -2.22. The lowest BCUT2D eigenvalue weighted by molar-refractivity contribution is -0.120. The Morgan fingerprint density at radius 1 is 1.14 bits per heavy atom. The van der Waals surface area contributed by atoms with Crippen LogP contribution in [0.2, 0.25) is 5.02 Å². The number of benzene rings is 2. The monoisotopic (exact) mass is 600 g/mol. The summed E-state index contributed by atoms with van der Waals surface area (Å²) in [5.74, 6) is -0.758. The van der Waals surface area contributed by atoms with E-state index < -0.39 is 12.1 Å². The Labute approximate surface area is 252 Å². The molecule has 3 N–H and O–H groups in total. The van der Waals surface area contributed by atoms with Crippen molar-refractivity contribution in [2.24, 2.45) is 5.92 Å². The Kier molecular flexibility index (Phi) is 9.06. The molecule has 3 heterocycles. The SMILES string of the molecule is COC(=O)Nc1ccc2c(c1)NC(=O)C(C)CCCC(NC(=O)C=Cc1cc(Cl)ccc1-n1cnnn1)c1cc-2ccn1. The minimum Gasteiger partial charge on any atom is -0.453 e. The van der Waals surface area contributed by atoms with Crippen molar-refractivity contribution in [3.8, 4) is 16.8 Å². The van der Waals surface area contributed by atoms with Gasteiger partial charge in [-0.2, -0.15) is 4.68 Å². The first kappa shape index (κ1) is 29.4. The molecule has 2 aromatic heterocycles. The molecule has 2 bridgehead atoms. The number of aromatic nitrogens is 5. The molecular formula is C30H29ClN8O4. The van der Waals surface area contributed by atoms with Crippen molar-refractivity contribution in [3.05, 3.63) is 83.4 Å². The van der Waals surface area contributed by atoms with E-state index in [0.717, 1.165) is 11.1 Å². The highest BCUT2D eigenvalue weighted by Crippen LogP contribution is 2.34. The largest absolute Gasteiger partial charge is 0.453 e. The first-order valence-electron chi connectivity index (χ1n) is 13.6. The van der Waals surface area contributed by atoms with Crippen LogP contribution in [0.15, 0.2) is 67.1 Å². The van der Waals surface area contributed by atoms with Gasteiger partial charge in [0.1, 0.15) is 6.33 Å². The fraction of sp³-hybridized carbons (Fsp3) is 0.233. The molecule has 220 valence electrons. The van der Waals surface area contributed by atoms with Gasteiger partial charge in [-0.3, -0.25) is 19.9 Å². The lowest BCUT2D eigenvalue weighted by Crippen LogP contribution is -2.28. The van der Waals surface area contributed by atoms with Gasteiger partial charge in [0, 0.05) is 40.0 Å². The topological polar surface area (TPSA) is 153 Å². The molecule has 1 aliphatic heterocycles. The van der Waals surface area contributed by atoms with Crippen LogP contribution in [0.25, 0.3) is 22.9 Å². The van der Waals surface area contributed by atoms with Gasteiger partial charge < -0.3 is 15.4 Å². The maximum atomic E-state index is 13.2. The van der Waals surface area contributed by atoms with E-state index in [4.69, 9.17) is 16.3 Å². The Morgan fingerprint density at radius 2 is 2.00 bits per heavy atom. The van der Waals surface area contributed by atoms with E-state index in [1.165, 1.54) is 24.2 Å². The smallest absolute Gasteiger partial charge is 0.411 e. The molecule has 2 unspecified atom stereocenters. The number of tetrazole rings is 1. The van der Waals surface area contributed by atoms with Gasteiger partial charge in [0.05, 0.1) is 30.2 Å². The van der Waals surface area contributed by atoms with E-state index >= 15 is 0 Å². The van der Waals surface area contributed by atoms with Crippen LogP contribution < -0.4 is 16.0 Å². The van der Waals surface area contributed by atoms with Crippen molar-refractivity contribution in [3.63, 3.8) is 0 Å². The number of nitrogens with one attached hydrogen (secondary N) is 3. The third kappa shape index (κ3) is 7.22. The first-order chi connectivity index (χ1) is 20.8. The number of pyridine rings is 1. The maximum absolute atomic E-state index is 13.2. The Morgan fingerprint density at radius 3 is 2.79 bits per heavy atom. The quantitative estimate of drug-likeness (QED) is 0.265. The minimum absolute atomic E-state index is 0.144. The van der Waals surface area contributed by atoms with Crippen LogP contribution in [0.1, 0.15) is 43.5 Å². The second-order valence-electron chi connectivity index (χ2n) is 10.0. The Hall–Kier alpha value is -5.10. The van der Waals surface area contributed by atoms with E-state index in [-0.39, 0.29) is 17.7 Å². The average Bonchev–Trinajstić information content (AvgIpc) is 3.54. The van der Waals surface area contributed by atoms with Crippen LogP contribution >= 0.6 is 11.6 Å². The van der Waals surface area contributed by atoms with Crippen molar-refractivity contribution in [2.75, 3.05) is 17.7 Å². The van der Waals surface area contributed by atoms with E-state index in [2.05, 4.69) is 36.5 Å². The number of ether oxygens (including phenoxy) is 1. The van der Waals surface area contributed by atoms with Crippen LogP contribution in [0.4, 0.5) is 16.2 Å². The molecule has 0 fully saturated rings. The summed E-state index contributed by atoms with van der Waals surface area (Å²) in [5, 5.41) is 20.5. The number of anilines is 2. The zero-order chi connectivity index (χ0) is 30.3. The highest BCUT2D eigenvalue weighted by molar-refractivity contribution is 6.30. The van der Waals surface area contributed by atoms with Crippen molar-refractivity contribution in [1.82, 2.24) is 30.5 Å². The number of carbonyl (C=O) groups excluding carboxylic acids is 3. The maximum Gasteiger partial charge on any atom is 0.411 e. The third-order valence-corrected chi connectivity index (χ3v) is 7.29. The summed E-state index contributed by atoms with van der Waals surface area (Å²) in [5.41, 5.74) is 4.53. The van der Waals surface area contributed by atoms with E-state index in [0.29, 0.717) is 52.6 Å². The van der Waals surface area contributed by atoms with Crippen LogP contribution in [0.5, 0.6) is 0 Å². The zero-order valence-corrected chi connectivity index (χ0v) is 24.2. The molecule has 0 aliphatic carbocycles. The summed E-state index contributed by atoms with van der Waals surface area (Å²) < 4.78 is 6.18. The zero-order valence-electron chi connectivity index (χ0n) is 23.5. The van der Waals surface area contributed by atoms with Crippen LogP contribution in [0, 0.1) is 5.92 Å². The Bertz CT molecular complexity index is 1670. The molecule has 12 nitrogen and oxygen atoms in total. The first-order valence-corrected chi connectivity index (χ1v) is 14.0. The molecule has 3 amide bonds. The molecule has 0 saturated heterocycles. The fourth-order valence-electron chi connectivity index (χ4n) is 4.79. The number of carbonyl (C=O) groups is 3. The normalized spacial score (nSPS) is 16.8. The van der Waals surface area contributed by atoms with Crippen LogP contribution in [0.3, 0.4) is 0 Å². The molecular weight excluding hydrogens is 572 g/mol. The summed E-state index contributed by atoms with van der Waals surface area (Å²) in [4.78, 5) is 42.6. The number of hydrogen-bond donors (Lipinski definition) is 3. The molecule has 0 saturated carbocycles. The number of halogens is 1. The third-order valence-electron chi connectivity index (χ3n) is 7.05. The molecule has 4 aromatic rings. The van der Waals surface area contributed by atoms with Crippen LogP contribution in [-0.2, 0) is 14.3 Å². The second-order valence-corrected chi connectivity index (χ2v) is 10.5. The van der Waals surface area contributed by atoms with Crippen molar-refractivity contribution in [2.45, 2.75) is 32.2 Å². The molecule has 13 heteroatoms. The molecule has 43 heavy (non-hydrogen) atoms. The van der Waals surface area contributed by atoms with Gasteiger partial charge in [0.2, 0.25) is 11.8 Å². The number of methoxy groups -OCH3 is 1. The van der Waals surface area contributed by atoms with Crippen LogP contribution in [-0.4, -0.2) is 50.2 Å². The van der Waals surface area contributed by atoms with Gasteiger partial charge in [-0.25, -0.2) is 4.79 Å². The van der Waals surface area contributed by atoms with Gasteiger partial charge in [0.25, 0.3) is 0 Å². The summed E-state index contributed by atoms with van der Waals surface area (Å²) in [6, 6.07) is 13.7. The number of fused-ring (bicyclic) bond motifs is 4. The predicted molar refractivity (Wildman–Crippen MR) is 161 cm³/mol. The second kappa shape index (κ2) is 13.3. The molecule has 0 radical (unpaired) electrons. The number of hydrogen-bond acceptors (Lipinski definition) is 8. The standard InChI is InChI=1S/C30H29ClN8O4/c1-18-4-3-5-24(35-28(40)11-6-20-14-21(31)7-10-27(20)39-17-33-37-38-39)26-15-19(12-13-32-26)23-9-8-22(34-30(42)43-2)16-25(23)36-29(18)41/h6-18,24H,3-5H2,1-2H3,(H,34,42)(H,35,40)(H,36,41). The van der Waals surface area contributed by atoms with Gasteiger partial charge in [-0.05, 0) is 77.4 Å². The highest BCUT2D eigenvalue weighted by Gasteiger charge is 2.22. The highest BCUT2D eigenvalue weighted by atomic mass is 35.5. The van der Waals surface area contributed by atoms with Crippen molar-refractivity contribution < 1.29 is 19.1 Å². The fourth-order valence-corrected chi connectivity index (χ4v) is 4.97.